The average Bonchev–Trinajstić information content (AvgIpc) is 2.43. The highest BCUT2D eigenvalue weighted by Gasteiger charge is 2.09. The van der Waals surface area contributed by atoms with E-state index in [0.29, 0.717) is 6.42 Å². The normalized spacial score (nSPS) is 10.3. The van der Waals surface area contributed by atoms with Gasteiger partial charge in [-0.05, 0) is 19.9 Å². The van der Waals surface area contributed by atoms with E-state index in [0.717, 1.165) is 34.2 Å². The molecule has 0 radical (unpaired) electrons. The number of ether oxygens (including phenoxy) is 1. The Morgan fingerprint density at radius 2 is 1.89 bits per heavy atom. The Balaban J connectivity index is 2.36. The van der Waals surface area contributed by atoms with E-state index in [1.165, 1.54) is 0 Å². The maximum atomic E-state index is 5.36. The van der Waals surface area contributed by atoms with E-state index in [4.69, 9.17) is 4.74 Å². The molecule has 0 aliphatic rings. The summed E-state index contributed by atoms with van der Waals surface area (Å²) in [7, 11) is 3.56. The smallest absolute Gasteiger partial charge is 0.135 e. The lowest BCUT2D eigenvalue weighted by molar-refractivity contribution is 0.410. The minimum absolute atomic E-state index is 0.666. The number of benzene rings is 1. The van der Waals surface area contributed by atoms with Crippen molar-refractivity contribution in [2.45, 2.75) is 20.3 Å². The number of hydrogen-bond acceptors (Lipinski definition) is 4. The van der Waals surface area contributed by atoms with Gasteiger partial charge in [0.05, 0.1) is 7.11 Å². The highest BCUT2D eigenvalue weighted by Crippen LogP contribution is 2.21. The molecule has 0 fully saturated rings. The van der Waals surface area contributed by atoms with Crippen molar-refractivity contribution in [2.75, 3.05) is 19.5 Å². The number of rotatable bonds is 4. The Labute approximate surface area is 113 Å². The summed E-state index contributed by atoms with van der Waals surface area (Å²) >= 11 is 0. The fourth-order valence-corrected chi connectivity index (χ4v) is 2.03. The molecule has 0 aliphatic carbocycles. The molecule has 4 heteroatoms. The second-order valence-electron chi connectivity index (χ2n) is 4.44. The highest BCUT2D eigenvalue weighted by molar-refractivity contribution is 5.45. The number of aromatic nitrogens is 2. The number of nitrogens with one attached hydrogen (secondary N) is 1. The van der Waals surface area contributed by atoms with Gasteiger partial charge in [-0.15, -0.1) is 0 Å². The van der Waals surface area contributed by atoms with E-state index in [9.17, 15) is 0 Å². The fourth-order valence-electron chi connectivity index (χ4n) is 2.03. The summed E-state index contributed by atoms with van der Waals surface area (Å²) in [6, 6.07) is 7.95. The summed E-state index contributed by atoms with van der Waals surface area (Å²) in [5.41, 5.74) is 3.19. The van der Waals surface area contributed by atoms with E-state index >= 15 is 0 Å². The summed E-state index contributed by atoms with van der Waals surface area (Å²) in [6.07, 6.45) is 0.666. The molecule has 100 valence electrons. The van der Waals surface area contributed by atoms with Gasteiger partial charge in [0.1, 0.15) is 17.4 Å². The van der Waals surface area contributed by atoms with Crippen molar-refractivity contribution in [3.05, 3.63) is 46.9 Å². The molecule has 2 aromatic rings. The molecule has 19 heavy (non-hydrogen) atoms. The lowest BCUT2D eigenvalue weighted by Gasteiger charge is -2.11. The molecule has 4 nitrogen and oxygen atoms in total. The predicted molar refractivity (Wildman–Crippen MR) is 76.9 cm³/mol. The molecule has 1 N–H and O–H groups in total. The number of nitrogens with zero attached hydrogens (tertiary/aromatic N) is 2. The largest absolute Gasteiger partial charge is 0.496 e. The Morgan fingerprint density at radius 1 is 1.16 bits per heavy atom. The Hall–Kier alpha value is -2.10. The molecule has 1 heterocycles. The van der Waals surface area contributed by atoms with Gasteiger partial charge in [0.15, 0.2) is 0 Å². The maximum Gasteiger partial charge on any atom is 0.135 e. The molecule has 0 atom stereocenters. The van der Waals surface area contributed by atoms with Crippen LogP contribution >= 0.6 is 0 Å². The fraction of sp³-hybridized carbons (Fsp3) is 0.333. The molecule has 0 saturated carbocycles. The molecule has 2 rings (SSSR count). The third kappa shape index (κ3) is 2.84. The summed E-state index contributed by atoms with van der Waals surface area (Å²) in [6.45, 7) is 4.03. The SMILES string of the molecule is CNc1nc(Cc2ccccc2OC)nc(C)c1C. The third-order valence-electron chi connectivity index (χ3n) is 3.21. The molecule has 0 bridgehead atoms. The van der Waals surface area contributed by atoms with E-state index in [2.05, 4.69) is 15.3 Å². The standard InChI is InChI=1S/C15H19N3O/c1-10-11(2)17-14(18-15(10)16-3)9-12-7-5-6-8-13(12)19-4/h5-8H,9H2,1-4H3,(H,16,17,18). The van der Waals surface area contributed by atoms with Crippen LogP contribution < -0.4 is 10.1 Å². The molecule has 0 amide bonds. The first-order chi connectivity index (χ1) is 9.15. The molecule has 0 spiro atoms. The van der Waals surface area contributed by atoms with Crippen LogP contribution in [0.4, 0.5) is 5.82 Å². The van der Waals surface area contributed by atoms with Crippen molar-refractivity contribution in [1.29, 1.82) is 0 Å². The van der Waals surface area contributed by atoms with Crippen molar-refractivity contribution in [3.63, 3.8) is 0 Å². The zero-order valence-electron chi connectivity index (χ0n) is 11.8. The molecule has 0 saturated heterocycles. The van der Waals surface area contributed by atoms with Crippen molar-refractivity contribution >= 4 is 5.82 Å². The number of methoxy groups -OCH3 is 1. The van der Waals surface area contributed by atoms with E-state index < -0.39 is 0 Å². The van der Waals surface area contributed by atoms with Crippen LogP contribution in [0.15, 0.2) is 24.3 Å². The zero-order valence-corrected chi connectivity index (χ0v) is 11.8. The van der Waals surface area contributed by atoms with Crippen molar-refractivity contribution in [3.8, 4) is 5.75 Å². The number of hydrogen-bond donors (Lipinski definition) is 1. The van der Waals surface area contributed by atoms with Crippen LogP contribution in [-0.4, -0.2) is 24.1 Å². The maximum absolute atomic E-state index is 5.36. The van der Waals surface area contributed by atoms with Gasteiger partial charge in [0, 0.05) is 30.3 Å². The van der Waals surface area contributed by atoms with Gasteiger partial charge < -0.3 is 10.1 Å². The monoisotopic (exact) mass is 257 g/mol. The second kappa shape index (κ2) is 5.69. The van der Waals surface area contributed by atoms with Crippen LogP contribution in [0.25, 0.3) is 0 Å². The summed E-state index contributed by atoms with van der Waals surface area (Å²) in [5, 5.41) is 3.11. The van der Waals surface area contributed by atoms with Gasteiger partial charge in [-0.2, -0.15) is 0 Å². The molecular formula is C15H19N3O. The molecular weight excluding hydrogens is 238 g/mol. The summed E-state index contributed by atoms with van der Waals surface area (Å²) in [4.78, 5) is 9.09. The Kier molecular flexibility index (Phi) is 4.00. The third-order valence-corrected chi connectivity index (χ3v) is 3.21. The number of para-hydroxylation sites is 1. The van der Waals surface area contributed by atoms with Gasteiger partial charge in [-0.25, -0.2) is 9.97 Å². The van der Waals surface area contributed by atoms with Crippen LogP contribution in [-0.2, 0) is 6.42 Å². The van der Waals surface area contributed by atoms with E-state index in [1.807, 2.05) is 45.2 Å². The highest BCUT2D eigenvalue weighted by atomic mass is 16.5. The lowest BCUT2D eigenvalue weighted by atomic mass is 10.1. The molecule has 0 unspecified atom stereocenters. The van der Waals surface area contributed by atoms with Crippen molar-refractivity contribution < 1.29 is 4.74 Å². The summed E-state index contributed by atoms with van der Waals surface area (Å²) < 4.78 is 5.36. The molecule has 1 aromatic carbocycles. The van der Waals surface area contributed by atoms with Gasteiger partial charge in [-0.3, -0.25) is 0 Å². The van der Waals surface area contributed by atoms with Gasteiger partial charge in [-0.1, -0.05) is 18.2 Å². The molecule has 0 aliphatic heterocycles. The number of aryl methyl sites for hydroxylation is 1. The topological polar surface area (TPSA) is 47.0 Å². The lowest BCUT2D eigenvalue weighted by Crippen LogP contribution is -2.06. The Morgan fingerprint density at radius 3 is 2.58 bits per heavy atom. The first kappa shape index (κ1) is 13.3. The van der Waals surface area contributed by atoms with Crippen LogP contribution in [0.1, 0.15) is 22.6 Å². The van der Waals surface area contributed by atoms with Crippen LogP contribution in [0.5, 0.6) is 5.75 Å². The van der Waals surface area contributed by atoms with Gasteiger partial charge in [0.25, 0.3) is 0 Å². The van der Waals surface area contributed by atoms with Crippen LogP contribution in [0.3, 0.4) is 0 Å². The van der Waals surface area contributed by atoms with Crippen molar-refractivity contribution in [1.82, 2.24) is 9.97 Å². The quantitative estimate of drug-likeness (QED) is 0.915. The first-order valence-corrected chi connectivity index (χ1v) is 6.29. The Bertz CT molecular complexity index is 582. The first-order valence-electron chi connectivity index (χ1n) is 6.29. The summed E-state index contributed by atoms with van der Waals surface area (Å²) in [5.74, 6) is 2.56. The predicted octanol–water partition coefficient (Wildman–Crippen LogP) is 2.73. The van der Waals surface area contributed by atoms with E-state index in [1.54, 1.807) is 7.11 Å². The van der Waals surface area contributed by atoms with Crippen LogP contribution in [0.2, 0.25) is 0 Å². The average molecular weight is 257 g/mol. The van der Waals surface area contributed by atoms with Crippen LogP contribution in [0, 0.1) is 13.8 Å². The zero-order chi connectivity index (χ0) is 13.8. The van der Waals surface area contributed by atoms with Gasteiger partial charge >= 0.3 is 0 Å². The minimum atomic E-state index is 0.666. The van der Waals surface area contributed by atoms with Gasteiger partial charge in [0.2, 0.25) is 0 Å². The second-order valence-corrected chi connectivity index (χ2v) is 4.44. The molecule has 1 aromatic heterocycles. The number of anilines is 1. The minimum Gasteiger partial charge on any atom is -0.496 e. The van der Waals surface area contributed by atoms with Crippen molar-refractivity contribution in [2.24, 2.45) is 0 Å². The van der Waals surface area contributed by atoms with E-state index in [-0.39, 0.29) is 0 Å².